The zero-order valence-corrected chi connectivity index (χ0v) is 12.9. The van der Waals surface area contributed by atoms with Crippen LogP contribution in [-0.2, 0) is 0 Å². The first-order chi connectivity index (χ1) is 11.3. The molecule has 23 heavy (non-hydrogen) atoms. The number of hydrogen-bond acceptors (Lipinski definition) is 3. The van der Waals surface area contributed by atoms with Gasteiger partial charge in [-0.2, -0.15) is 0 Å². The normalized spacial score (nSPS) is 15.1. The number of rotatable bonds is 4. The van der Waals surface area contributed by atoms with Crippen LogP contribution in [0.3, 0.4) is 0 Å². The lowest BCUT2D eigenvalue weighted by Gasteiger charge is -2.24. The van der Waals surface area contributed by atoms with Gasteiger partial charge in [-0.1, -0.05) is 48.5 Å². The quantitative estimate of drug-likeness (QED) is 0.853. The Morgan fingerprint density at radius 2 is 1.48 bits per heavy atom. The van der Waals surface area contributed by atoms with Crippen molar-refractivity contribution in [1.29, 1.82) is 0 Å². The summed E-state index contributed by atoms with van der Waals surface area (Å²) in [5, 5.41) is 6.32. The summed E-state index contributed by atoms with van der Waals surface area (Å²) in [6.07, 6.45) is 1.83. The van der Waals surface area contributed by atoms with Crippen LogP contribution >= 0.6 is 0 Å². The molecular formula is C19H20N2O2. The molecule has 0 aromatic heterocycles. The third-order valence-corrected chi connectivity index (χ3v) is 4.13. The van der Waals surface area contributed by atoms with Crippen molar-refractivity contribution in [3.63, 3.8) is 0 Å². The Morgan fingerprint density at radius 1 is 0.870 bits per heavy atom. The maximum absolute atomic E-state index is 12.7. The minimum absolute atomic E-state index is 0.123. The molecule has 0 radical (unpaired) electrons. The van der Waals surface area contributed by atoms with E-state index in [1.54, 1.807) is 36.4 Å². The largest absolute Gasteiger partial charge is 0.349 e. The highest BCUT2D eigenvalue weighted by molar-refractivity contribution is 6.15. The zero-order chi connectivity index (χ0) is 16.1. The molecule has 2 aromatic carbocycles. The molecule has 0 unspecified atom stereocenters. The number of carbonyl (C=O) groups excluding carboxylic acids is 2. The number of amides is 1. The molecule has 1 heterocycles. The Morgan fingerprint density at radius 3 is 2.17 bits per heavy atom. The van der Waals surface area contributed by atoms with Gasteiger partial charge in [0.2, 0.25) is 0 Å². The van der Waals surface area contributed by atoms with E-state index in [9.17, 15) is 9.59 Å². The highest BCUT2D eigenvalue weighted by Crippen LogP contribution is 2.15. The van der Waals surface area contributed by atoms with Crippen molar-refractivity contribution in [2.24, 2.45) is 0 Å². The summed E-state index contributed by atoms with van der Waals surface area (Å²) in [6, 6.07) is 16.2. The third-order valence-electron chi connectivity index (χ3n) is 4.13. The van der Waals surface area contributed by atoms with Crippen LogP contribution in [0.2, 0.25) is 0 Å². The lowest BCUT2D eigenvalue weighted by Crippen LogP contribution is -2.43. The van der Waals surface area contributed by atoms with Crippen molar-refractivity contribution in [3.05, 3.63) is 71.3 Å². The highest BCUT2D eigenvalue weighted by Gasteiger charge is 2.21. The number of carbonyl (C=O) groups is 2. The van der Waals surface area contributed by atoms with E-state index in [1.807, 2.05) is 18.2 Å². The van der Waals surface area contributed by atoms with Gasteiger partial charge in [0.15, 0.2) is 5.78 Å². The zero-order valence-electron chi connectivity index (χ0n) is 12.9. The fourth-order valence-corrected chi connectivity index (χ4v) is 2.85. The lowest BCUT2D eigenvalue weighted by molar-refractivity contribution is 0.0920. The van der Waals surface area contributed by atoms with E-state index in [0.29, 0.717) is 16.7 Å². The Kier molecular flexibility index (Phi) is 4.83. The molecule has 4 nitrogen and oxygen atoms in total. The number of piperidine rings is 1. The summed E-state index contributed by atoms with van der Waals surface area (Å²) in [4.78, 5) is 25.3. The second-order valence-electron chi connectivity index (χ2n) is 5.74. The molecule has 0 spiro atoms. The SMILES string of the molecule is O=C(NC1CCNCC1)c1ccccc1C(=O)c1ccccc1. The van der Waals surface area contributed by atoms with Gasteiger partial charge in [-0.05, 0) is 32.0 Å². The predicted molar refractivity (Wildman–Crippen MR) is 89.7 cm³/mol. The van der Waals surface area contributed by atoms with Gasteiger partial charge >= 0.3 is 0 Å². The van der Waals surface area contributed by atoms with E-state index in [4.69, 9.17) is 0 Å². The third kappa shape index (κ3) is 3.66. The van der Waals surface area contributed by atoms with Gasteiger partial charge in [0.25, 0.3) is 5.91 Å². The first-order valence-electron chi connectivity index (χ1n) is 7.96. The monoisotopic (exact) mass is 308 g/mol. The summed E-state index contributed by atoms with van der Waals surface area (Å²) in [7, 11) is 0. The molecule has 0 aliphatic carbocycles. The van der Waals surface area contributed by atoms with Crippen molar-refractivity contribution in [2.45, 2.75) is 18.9 Å². The van der Waals surface area contributed by atoms with Gasteiger partial charge in [0.1, 0.15) is 0 Å². The summed E-state index contributed by atoms with van der Waals surface area (Å²) in [5.41, 5.74) is 1.49. The van der Waals surface area contributed by atoms with Crippen molar-refractivity contribution in [2.75, 3.05) is 13.1 Å². The predicted octanol–water partition coefficient (Wildman–Crippen LogP) is 2.40. The molecule has 0 bridgehead atoms. The fourth-order valence-electron chi connectivity index (χ4n) is 2.85. The van der Waals surface area contributed by atoms with Gasteiger partial charge in [-0.15, -0.1) is 0 Å². The summed E-state index contributed by atoms with van der Waals surface area (Å²) < 4.78 is 0. The average Bonchev–Trinajstić information content (AvgIpc) is 2.62. The van der Waals surface area contributed by atoms with Crippen molar-refractivity contribution in [1.82, 2.24) is 10.6 Å². The second-order valence-corrected chi connectivity index (χ2v) is 5.74. The second kappa shape index (κ2) is 7.20. The van der Waals surface area contributed by atoms with E-state index in [-0.39, 0.29) is 17.7 Å². The molecule has 0 atom stereocenters. The van der Waals surface area contributed by atoms with E-state index < -0.39 is 0 Å². The minimum atomic E-state index is -0.170. The van der Waals surface area contributed by atoms with Crippen molar-refractivity contribution < 1.29 is 9.59 Å². The number of ketones is 1. The first-order valence-corrected chi connectivity index (χ1v) is 7.96. The van der Waals surface area contributed by atoms with Crippen LogP contribution in [0, 0.1) is 0 Å². The minimum Gasteiger partial charge on any atom is -0.349 e. The van der Waals surface area contributed by atoms with Gasteiger partial charge < -0.3 is 10.6 Å². The fraction of sp³-hybridized carbons (Fsp3) is 0.263. The number of benzene rings is 2. The molecule has 2 aromatic rings. The molecule has 0 saturated carbocycles. The maximum Gasteiger partial charge on any atom is 0.252 e. The van der Waals surface area contributed by atoms with Crippen LogP contribution < -0.4 is 10.6 Å². The van der Waals surface area contributed by atoms with E-state index in [2.05, 4.69) is 10.6 Å². The number of hydrogen-bond donors (Lipinski definition) is 2. The van der Waals surface area contributed by atoms with Crippen LogP contribution in [0.1, 0.15) is 39.1 Å². The maximum atomic E-state index is 12.7. The van der Waals surface area contributed by atoms with Crippen LogP contribution in [-0.4, -0.2) is 30.8 Å². The van der Waals surface area contributed by atoms with Crippen molar-refractivity contribution >= 4 is 11.7 Å². The summed E-state index contributed by atoms with van der Waals surface area (Å²) in [6.45, 7) is 1.82. The summed E-state index contributed by atoms with van der Waals surface area (Å²) >= 11 is 0. The van der Waals surface area contributed by atoms with Crippen molar-refractivity contribution in [3.8, 4) is 0 Å². The summed E-state index contributed by atoms with van der Waals surface area (Å²) in [5.74, 6) is -0.293. The molecular weight excluding hydrogens is 288 g/mol. The standard InChI is InChI=1S/C19H20N2O2/c22-18(14-6-2-1-3-7-14)16-8-4-5-9-17(16)19(23)21-15-10-12-20-13-11-15/h1-9,15,20H,10-13H2,(H,21,23). The molecule has 1 amide bonds. The van der Waals surface area contributed by atoms with Gasteiger partial charge in [-0.3, -0.25) is 9.59 Å². The molecule has 2 N–H and O–H groups in total. The van der Waals surface area contributed by atoms with Crippen LogP contribution in [0.4, 0.5) is 0 Å². The van der Waals surface area contributed by atoms with Crippen LogP contribution in [0.15, 0.2) is 54.6 Å². The topological polar surface area (TPSA) is 58.2 Å². The van der Waals surface area contributed by atoms with Crippen LogP contribution in [0.5, 0.6) is 0 Å². The Balaban J connectivity index is 1.82. The molecule has 1 saturated heterocycles. The molecule has 1 aliphatic heterocycles. The molecule has 1 aliphatic rings. The molecule has 3 rings (SSSR count). The Bertz CT molecular complexity index is 692. The first kappa shape index (κ1) is 15.4. The van der Waals surface area contributed by atoms with Gasteiger partial charge in [0.05, 0.1) is 5.56 Å². The van der Waals surface area contributed by atoms with Gasteiger partial charge in [0, 0.05) is 17.2 Å². The Labute approximate surface area is 135 Å². The number of nitrogens with one attached hydrogen (secondary N) is 2. The highest BCUT2D eigenvalue weighted by atomic mass is 16.2. The molecule has 118 valence electrons. The molecule has 4 heteroatoms. The molecule has 1 fully saturated rings. The lowest BCUT2D eigenvalue weighted by atomic mass is 9.97. The van der Waals surface area contributed by atoms with E-state index >= 15 is 0 Å². The Hall–Kier alpha value is -2.46. The van der Waals surface area contributed by atoms with E-state index in [0.717, 1.165) is 25.9 Å². The van der Waals surface area contributed by atoms with E-state index in [1.165, 1.54) is 0 Å². The van der Waals surface area contributed by atoms with Gasteiger partial charge in [-0.25, -0.2) is 0 Å². The smallest absolute Gasteiger partial charge is 0.252 e. The average molecular weight is 308 g/mol. The van der Waals surface area contributed by atoms with Crippen LogP contribution in [0.25, 0.3) is 0 Å².